The highest BCUT2D eigenvalue weighted by Crippen LogP contribution is 2.39. The van der Waals surface area contributed by atoms with Crippen molar-refractivity contribution in [2.45, 2.75) is 19.6 Å². The van der Waals surface area contributed by atoms with E-state index >= 15 is 0 Å². The van der Waals surface area contributed by atoms with E-state index in [1.165, 1.54) is 0 Å². The first-order valence-corrected chi connectivity index (χ1v) is 6.31. The Morgan fingerprint density at radius 3 is 1.21 bits per heavy atom. The van der Waals surface area contributed by atoms with Crippen molar-refractivity contribution in [1.82, 2.24) is 0 Å². The minimum atomic E-state index is -1.52. The smallest absolute Gasteiger partial charge is 0.262 e. The van der Waals surface area contributed by atoms with Gasteiger partial charge in [-0.1, -0.05) is 0 Å². The zero-order chi connectivity index (χ0) is 11.6. The molecule has 82 valence electrons. The number of rotatable bonds is 5. The van der Waals surface area contributed by atoms with Crippen LogP contribution >= 0.6 is 63.7 Å². The van der Waals surface area contributed by atoms with Gasteiger partial charge in [-0.25, -0.2) is 0 Å². The lowest BCUT2D eigenvalue weighted by atomic mass is 10.3. The van der Waals surface area contributed by atoms with Crippen molar-refractivity contribution in [3.05, 3.63) is 20.2 Å². The van der Waals surface area contributed by atoms with Crippen LogP contribution in [0, 0.1) is 20.2 Å². The molecule has 10 heteroatoms. The van der Waals surface area contributed by atoms with Gasteiger partial charge in [-0.15, -0.1) is 0 Å². The second-order valence-corrected chi connectivity index (χ2v) is 9.72. The van der Waals surface area contributed by atoms with Crippen LogP contribution in [0.5, 0.6) is 0 Å². The van der Waals surface area contributed by atoms with Gasteiger partial charge in [0.25, 0.3) is 0 Å². The summed E-state index contributed by atoms with van der Waals surface area (Å²) in [6.07, 6.45) is -0.116. The predicted octanol–water partition coefficient (Wildman–Crippen LogP) is 3.21. The number of hydrogen-bond acceptors (Lipinski definition) is 4. The van der Waals surface area contributed by atoms with Crippen LogP contribution in [0.4, 0.5) is 0 Å². The van der Waals surface area contributed by atoms with Crippen molar-refractivity contribution in [2.75, 3.05) is 0 Å². The molecule has 0 rings (SSSR count). The van der Waals surface area contributed by atoms with Gasteiger partial charge in [-0.3, -0.25) is 20.2 Å². The molecule has 0 aliphatic carbocycles. The zero-order valence-corrected chi connectivity index (χ0v) is 12.8. The molecule has 0 spiro atoms. The fraction of sp³-hybridized carbons (Fsp3) is 1.00. The Morgan fingerprint density at radius 1 is 0.857 bits per heavy atom. The van der Waals surface area contributed by atoms with Crippen molar-refractivity contribution < 1.29 is 9.85 Å². The Bertz CT molecular complexity index is 230. The van der Waals surface area contributed by atoms with Gasteiger partial charge < -0.3 is 0 Å². The van der Waals surface area contributed by atoms with Gasteiger partial charge in [0.1, 0.15) is 0 Å². The van der Waals surface area contributed by atoms with Gasteiger partial charge in [0.15, 0.2) is 0 Å². The molecule has 0 unspecified atom stereocenters. The second kappa shape index (κ2) is 5.17. The summed E-state index contributed by atoms with van der Waals surface area (Å²) in [5, 5.41) is 20.8. The van der Waals surface area contributed by atoms with E-state index in [2.05, 4.69) is 63.7 Å². The van der Waals surface area contributed by atoms with Crippen molar-refractivity contribution in [3.63, 3.8) is 0 Å². The monoisotopic (exact) mass is 460 g/mol. The van der Waals surface area contributed by atoms with E-state index in [1.807, 2.05) is 0 Å². The minimum Gasteiger partial charge on any atom is -0.262 e. The highest BCUT2D eigenvalue weighted by atomic mass is 79.9. The molecule has 0 fully saturated rings. The SMILES string of the molecule is O=[N+]([O-])C(Br)(Br)CCC(Br)(Br)[N+](=O)[O-]. The van der Waals surface area contributed by atoms with E-state index in [0.29, 0.717) is 0 Å². The lowest BCUT2D eigenvalue weighted by Crippen LogP contribution is -2.30. The molecule has 0 aromatic rings. The lowest BCUT2D eigenvalue weighted by Gasteiger charge is -2.15. The summed E-state index contributed by atoms with van der Waals surface area (Å²) in [5.41, 5.74) is 0. The number of nitro groups is 2. The molecule has 0 aliphatic heterocycles. The first kappa shape index (κ1) is 14.7. The molecule has 0 aromatic heterocycles. The van der Waals surface area contributed by atoms with E-state index in [-0.39, 0.29) is 12.8 Å². The normalized spacial score (nSPS) is 12.6. The first-order chi connectivity index (χ1) is 6.09. The van der Waals surface area contributed by atoms with Crippen LogP contribution in [-0.4, -0.2) is 16.6 Å². The summed E-state index contributed by atoms with van der Waals surface area (Å²) in [5.74, 6) is 0. The summed E-state index contributed by atoms with van der Waals surface area (Å²) < 4.78 is -3.05. The summed E-state index contributed by atoms with van der Waals surface area (Å²) in [4.78, 5) is 19.6. The van der Waals surface area contributed by atoms with E-state index in [0.717, 1.165) is 0 Å². The van der Waals surface area contributed by atoms with Gasteiger partial charge in [-0.05, 0) is 0 Å². The second-order valence-electron chi connectivity index (χ2n) is 2.35. The van der Waals surface area contributed by atoms with Crippen LogP contribution in [-0.2, 0) is 0 Å². The van der Waals surface area contributed by atoms with E-state index in [9.17, 15) is 20.2 Å². The van der Waals surface area contributed by atoms with Crippen LogP contribution in [0.1, 0.15) is 12.8 Å². The van der Waals surface area contributed by atoms with Gasteiger partial charge in [0, 0.05) is 86.4 Å². The molecule has 0 amide bonds. The Labute approximate surface area is 113 Å². The average molecular weight is 464 g/mol. The molecule has 0 bridgehead atoms. The van der Waals surface area contributed by atoms with Gasteiger partial charge in [-0.2, -0.15) is 0 Å². The molecule has 0 saturated heterocycles. The first-order valence-electron chi connectivity index (χ1n) is 3.14. The maximum absolute atomic E-state index is 10.4. The van der Waals surface area contributed by atoms with E-state index in [4.69, 9.17) is 0 Å². The molecule has 0 saturated carbocycles. The van der Waals surface area contributed by atoms with Crippen molar-refractivity contribution in [3.8, 4) is 0 Å². The number of hydrogen-bond donors (Lipinski definition) is 0. The molecule has 0 radical (unpaired) electrons. The number of halogens is 4. The van der Waals surface area contributed by atoms with E-state index in [1.54, 1.807) is 0 Å². The summed E-state index contributed by atoms with van der Waals surface area (Å²) in [6, 6.07) is 0. The summed E-state index contributed by atoms with van der Waals surface area (Å²) >= 11 is 11.2. The standard InChI is InChI=1S/C4H4Br4N2O4/c5-3(6,9(11)12)1-2-4(7,8)10(13)14/h1-2H2. The number of alkyl halides is 4. The minimum absolute atomic E-state index is 0.0581. The molecule has 6 nitrogen and oxygen atoms in total. The van der Waals surface area contributed by atoms with E-state index < -0.39 is 16.6 Å². The van der Waals surface area contributed by atoms with Crippen LogP contribution in [0.3, 0.4) is 0 Å². The third-order valence-electron chi connectivity index (χ3n) is 1.26. The molecule has 14 heavy (non-hydrogen) atoms. The largest absolute Gasteiger partial charge is 0.327 e. The van der Waals surface area contributed by atoms with Crippen molar-refractivity contribution in [1.29, 1.82) is 0 Å². The maximum atomic E-state index is 10.4. The topological polar surface area (TPSA) is 86.3 Å². The van der Waals surface area contributed by atoms with Gasteiger partial charge >= 0.3 is 6.71 Å². The molecular formula is C4H4Br4N2O4. The Balaban J connectivity index is 4.32. The summed E-state index contributed by atoms with van der Waals surface area (Å²) in [6.45, 7) is 0. The summed E-state index contributed by atoms with van der Waals surface area (Å²) in [7, 11) is 0. The molecule has 0 N–H and O–H groups in total. The molecule has 0 aliphatic rings. The highest BCUT2D eigenvalue weighted by molar-refractivity contribution is 9.25. The number of nitrogens with zero attached hydrogens (tertiary/aromatic N) is 2. The Morgan fingerprint density at radius 2 is 1.07 bits per heavy atom. The maximum Gasteiger partial charge on any atom is 0.327 e. The fourth-order valence-corrected chi connectivity index (χ4v) is 1.28. The molecule has 0 heterocycles. The Kier molecular flexibility index (Phi) is 5.44. The van der Waals surface area contributed by atoms with Crippen LogP contribution < -0.4 is 0 Å². The van der Waals surface area contributed by atoms with Gasteiger partial charge in [0.2, 0.25) is 0 Å². The average Bonchev–Trinajstić information content (AvgIpc) is 2.01. The fourth-order valence-electron chi connectivity index (χ4n) is 0.483. The van der Waals surface area contributed by atoms with Crippen LogP contribution in [0.15, 0.2) is 0 Å². The third kappa shape index (κ3) is 4.49. The van der Waals surface area contributed by atoms with Gasteiger partial charge in [0.05, 0.1) is 0 Å². The van der Waals surface area contributed by atoms with Crippen LogP contribution in [0.25, 0.3) is 0 Å². The Hall–Kier alpha value is 0.720. The lowest BCUT2D eigenvalue weighted by molar-refractivity contribution is -0.518. The third-order valence-corrected chi connectivity index (χ3v) is 4.01. The highest BCUT2D eigenvalue weighted by Gasteiger charge is 2.44. The molecular weight excluding hydrogens is 460 g/mol. The predicted molar refractivity (Wildman–Crippen MR) is 64.4 cm³/mol. The van der Waals surface area contributed by atoms with Crippen molar-refractivity contribution >= 4 is 63.7 Å². The molecule has 0 atom stereocenters. The van der Waals surface area contributed by atoms with Crippen LogP contribution in [0.2, 0.25) is 0 Å². The molecule has 0 aromatic carbocycles. The quantitative estimate of drug-likeness (QED) is 0.271. The van der Waals surface area contributed by atoms with Crippen molar-refractivity contribution in [2.24, 2.45) is 0 Å². The zero-order valence-electron chi connectivity index (χ0n) is 6.45.